The van der Waals surface area contributed by atoms with Gasteiger partial charge in [-0.05, 0) is 37.5 Å². The summed E-state index contributed by atoms with van der Waals surface area (Å²) in [6.07, 6.45) is 8.50. The molecule has 0 saturated heterocycles. The van der Waals surface area contributed by atoms with Gasteiger partial charge in [0, 0.05) is 13.7 Å². The summed E-state index contributed by atoms with van der Waals surface area (Å²) >= 11 is 0. The SMILES string of the molecule is COCCC(C)C(O)C1CC=CCC1. The van der Waals surface area contributed by atoms with E-state index in [4.69, 9.17) is 4.74 Å². The Kier molecular flexibility index (Phi) is 5.20. The molecule has 0 spiro atoms. The standard InChI is InChI=1S/C12H22O2/c1-10(8-9-14-2)12(13)11-6-4-3-5-7-11/h3-4,10-13H,5-9H2,1-2H3. The third-order valence-electron chi connectivity index (χ3n) is 3.15. The first kappa shape index (κ1) is 11.7. The molecule has 0 saturated carbocycles. The predicted molar refractivity (Wildman–Crippen MR) is 58.1 cm³/mol. The second kappa shape index (κ2) is 6.20. The van der Waals surface area contributed by atoms with Crippen LogP contribution in [0.25, 0.3) is 0 Å². The van der Waals surface area contributed by atoms with Crippen molar-refractivity contribution in [2.24, 2.45) is 11.8 Å². The molecular formula is C12H22O2. The smallest absolute Gasteiger partial charge is 0.0597 e. The van der Waals surface area contributed by atoms with Gasteiger partial charge in [-0.25, -0.2) is 0 Å². The molecule has 3 unspecified atom stereocenters. The molecule has 2 heteroatoms. The Morgan fingerprint density at radius 1 is 1.50 bits per heavy atom. The summed E-state index contributed by atoms with van der Waals surface area (Å²) < 4.78 is 5.02. The lowest BCUT2D eigenvalue weighted by atomic mass is 9.83. The van der Waals surface area contributed by atoms with Gasteiger partial charge in [0.1, 0.15) is 0 Å². The first-order chi connectivity index (χ1) is 6.75. The predicted octanol–water partition coefficient (Wildman–Crippen LogP) is 2.38. The molecule has 0 heterocycles. The summed E-state index contributed by atoms with van der Waals surface area (Å²) in [5.41, 5.74) is 0. The van der Waals surface area contributed by atoms with Gasteiger partial charge in [-0.15, -0.1) is 0 Å². The van der Waals surface area contributed by atoms with Gasteiger partial charge < -0.3 is 9.84 Å². The second-order valence-electron chi connectivity index (χ2n) is 4.29. The van der Waals surface area contributed by atoms with Crippen molar-refractivity contribution < 1.29 is 9.84 Å². The van der Waals surface area contributed by atoms with Gasteiger partial charge in [0.15, 0.2) is 0 Å². The topological polar surface area (TPSA) is 29.5 Å². The van der Waals surface area contributed by atoms with E-state index in [0.29, 0.717) is 11.8 Å². The van der Waals surface area contributed by atoms with Crippen molar-refractivity contribution in [3.05, 3.63) is 12.2 Å². The number of aliphatic hydroxyl groups is 1. The molecule has 0 radical (unpaired) electrons. The Hall–Kier alpha value is -0.340. The summed E-state index contributed by atoms with van der Waals surface area (Å²) in [4.78, 5) is 0. The van der Waals surface area contributed by atoms with Crippen molar-refractivity contribution in [2.45, 2.75) is 38.7 Å². The summed E-state index contributed by atoms with van der Waals surface area (Å²) in [5, 5.41) is 10.1. The van der Waals surface area contributed by atoms with Gasteiger partial charge in [-0.2, -0.15) is 0 Å². The van der Waals surface area contributed by atoms with Crippen LogP contribution in [-0.2, 0) is 4.74 Å². The van der Waals surface area contributed by atoms with E-state index in [2.05, 4.69) is 19.1 Å². The van der Waals surface area contributed by atoms with Crippen LogP contribution in [-0.4, -0.2) is 24.9 Å². The molecule has 0 fully saturated rings. The van der Waals surface area contributed by atoms with E-state index < -0.39 is 0 Å². The maximum Gasteiger partial charge on any atom is 0.0597 e. The molecule has 1 aliphatic carbocycles. The number of hydrogen-bond donors (Lipinski definition) is 1. The Balaban J connectivity index is 2.31. The van der Waals surface area contributed by atoms with Gasteiger partial charge in [0.05, 0.1) is 6.10 Å². The fourth-order valence-corrected chi connectivity index (χ4v) is 2.07. The fourth-order valence-electron chi connectivity index (χ4n) is 2.07. The lowest BCUT2D eigenvalue weighted by Crippen LogP contribution is -2.28. The lowest BCUT2D eigenvalue weighted by molar-refractivity contribution is 0.0379. The fraction of sp³-hybridized carbons (Fsp3) is 0.833. The van der Waals surface area contributed by atoms with Crippen LogP contribution < -0.4 is 0 Å². The van der Waals surface area contributed by atoms with Crippen molar-refractivity contribution in [1.29, 1.82) is 0 Å². The van der Waals surface area contributed by atoms with E-state index in [-0.39, 0.29) is 6.10 Å². The van der Waals surface area contributed by atoms with E-state index in [1.807, 2.05) is 0 Å². The third kappa shape index (κ3) is 3.43. The molecule has 1 aliphatic rings. The highest BCUT2D eigenvalue weighted by Crippen LogP contribution is 2.26. The maximum atomic E-state index is 10.1. The first-order valence-corrected chi connectivity index (χ1v) is 5.57. The first-order valence-electron chi connectivity index (χ1n) is 5.57. The van der Waals surface area contributed by atoms with Crippen molar-refractivity contribution in [1.82, 2.24) is 0 Å². The van der Waals surface area contributed by atoms with Crippen molar-refractivity contribution in [2.75, 3.05) is 13.7 Å². The molecular weight excluding hydrogens is 176 g/mol. The number of hydrogen-bond acceptors (Lipinski definition) is 2. The molecule has 0 aliphatic heterocycles. The quantitative estimate of drug-likeness (QED) is 0.687. The zero-order valence-electron chi connectivity index (χ0n) is 9.28. The van der Waals surface area contributed by atoms with Gasteiger partial charge in [0.2, 0.25) is 0 Å². The largest absolute Gasteiger partial charge is 0.393 e. The summed E-state index contributed by atoms with van der Waals surface area (Å²) in [6, 6.07) is 0. The van der Waals surface area contributed by atoms with Crippen LogP contribution >= 0.6 is 0 Å². The van der Waals surface area contributed by atoms with Crippen LogP contribution in [0.15, 0.2) is 12.2 Å². The highest BCUT2D eigenvalue weighted by molar-refractivity contribution is 4.92. The van der Waals surface area contributed by atoms with Gasteiger partial charge in [-0.3, -0.25) is 0 Å². The number of ether oxygens (including phenoxy) is 1. The number of allylic oxidation sites excluding steroid dienone is 2. The van der Waals surface area contributed by atoms with Crippen molar-refractivity contribution >= 4 is 0 Å². The molecule has 0 aromatic carbocycles. The molecule has 2 nitrogen and oxygen atoms in total. The molecule has 1 rings (SSSR count). The average Bonchev–Trinajstić information content (AvgIpc) is 2.26. The van der Waals surface area contributed by atoms with Crippen molar-refractivity contribution in [3.8, 4) is 0 Å². The summed E-state index contributed by atoms with van der Waals surface area (Å²) in [6.45, 7) is 2.86. The van der Waals surface area contributed by atoms with Crippen LogP contribution in [0.4, 0.5) is 0 Å². The molecule has 0 aromatic heterocycles. The molecule has 82 valence electrons. The van der Waals surface area contributed by atoms with Crippen LogP contribution in [0.1, 0.15) is 32.6 Å². The van der Waals surface area contributed by atoms with E-state index in [9.17, 15) is 5.11 Å². The third-order valence-corrected chi connectivity index (χ3v) is 3.15. The minimum atomic E-state index is -0.157. The van der Waals surface area contributed by atoms with Crippen LogP contribution in [0.2, 0.25) is 0 Å². The Bertz CT molecular complexity index is 177. The van der Waals surface area contributed by atoms with E-state index in [0.717, 1.165) is 32.3 Å². The van der Waals surface area contributed by atoms with Crippen LogP contribution in [0.3, 0.4) is 0 Å². The second-order valence-corrected chi connectivity index (χ2v) is 4.29. The highest BCUT2D eigenvalue weighted by atomic mass is 16.5. The normalized spacial score (nSPS) is 26.1. The molecule has 0 amide bonds. The number of rotatable bonds is 5. The van der Waals surface area contributed by atoms with Gasteiger partial charge in [0.25, 0.3) is 0 Å². The zero-order chi connectivity index (χ0) is 10.4. The molecule has 0 bridgehead atoms. The summed E-state index contributed by atoms with van der Waals surface area (Å²) in [7, 11) is 1.71. The molecule has 14 heavy (non-hydrogen) atoms. The maximum absolute atomic E-state index is 10.1. The molecule has 1 N–H and O–H groups in total. The van der Waals surface area contributed by atoms with E-state index in [1.165, 1.54) is 0 Å². The Morgan fingerprint density at radius 3 is 2.86 bits per heavy atom. The van der Waals surface area contributed by atoms with Gasteiger partial charge in [-0.1, -0.05) is 19.1 Å². The monoisotopic (exact) mass is 198 g/mol. The minimum absolute atomic E-state index is 0.157. The lowest BCUT2D eigenvalue weighted by Gasteiger charge is -2.28. The molecule has 3 atom stereocenters. The van der Waals surface area contributed by atoms with Gasteiger partial charge >= 0.3 is 0 Å². The van der Waals surface area contributed by atoms with E-state index in [1.54, 1.807) is 7.11 Å². The zero-order valence-corrected chi connectivity index (χ0v) is 9.28. The Morgan fingerprint density at radius 2 is 2.29 bits per heavy atom. The number of aliphatic hydroxyl groups excluding tert-OH is 1. The summed E-state index contributed by atoms with van der Waals surface area (Å²) in [5.74, 6) is 0.818. The van der Waals surface area contributed by atoms with E-state index >= 15 is 0 Å². The molecule has 0 aromatic rings. The minimum Gasteiger partial charge on any atom is -0.393 e. The van der Waals surface area contributed by atoms with Crippen LogP contribution in [0, 0.1) is 11.8 Å². The average molecular weight is 198 g/mol. The van der Waals surface area contributed by atoms with Crippen LogP contribution in [0.5, 0.6) is 0 Å². The number of methoxy groups -OCH3 is 1. The van der Waals surface area contributed by atoms with Crippen molar-refractivity contribution in [3.63, 3.8) is 0 Å². The Labute approximate surface area is 87.0 Å². The highest BCUT2D eigenvalue weighted by Gasteiger charge is 2.24.